The standard InChI is InChI=1S/C22H17BrN4O7/c1-2-33-21-10-14(13-24-25-22(28)15-4-3-5-16(23)11-15)6-8-20(21)34-19-9-7-17(26(29)30)12-18(19)27(31)32/h3-13H,2H2,1H3,(H,25,28)/b24-13-. The van der Waals surface area contributed by atoms with E-state index in [1.807, 2.05) is 0 Å². The number of rotatable bonds is 9. The van der Waals surface area contributed by atoms with Crippen molar-refractivity contribution in [3.63, 3.8) is 0 Å². The van der Waals surface area contributed by atoms with Gasteiger partial charge in [0.15, 0.2) is 11.5 Å². The number of nitro groups is 2. The predicted molar refractivity (Wildman–Crippen MR) is 127 cm³/mol. The first kappa shape index (κ1) is 24.3. The minimum atomic E-state index is -0.766. The van der Waals surface area contributed by atoms with Crippen LogP contribution in [0.15, 0.2) is 70.2 Å². The van der Waals surface area contributed by atoms with E-state index < -0.39 is 27.1 Å². The van der Waals surface area contributed by atoms with E-state index in [-0.39, 0.29) is 23.9 Å². The Morgan fingerprint density at radius 3 is 2.47 bits per heavy atom. The lowest BCUT2D eigenvalue weighted by Crippen LogP contribution is -2.17. The zero-order valence-electron chi connectivity index (χ0n) is 17.6. The van der Waals surface area contributed by atoms with E-state index in [2.05, 4.69) is 26.5 Å². The van der Waals surface area contributed by atoms with Gasteiger partial charge in [-0.25, -0.2) is 5.43 Å². The summed E-state index contributed by atoms with van der Waals surface area (Å²) in [7, 11) is 0. The van der Waals surface area contributed by atoms with Crippen molar-refractivity contribution >= 4 is 39.4 Å². The number of nitrogens with zero attached hydrogens (tertiary/aromatic N) is 3. The third kappa shape index (κ3) is 6.13. The Labute approximate surface area is 201 Å². The monoisotopic (exact) mass is 528 g/mol. The molecular formula is C22H17BrN4O7. The van der Waals surface area contributed by atoms with Crippen LogP contribution in [0.4, 0.5) is 11.4 Å². The topological polar surface area (TPSA) is 146 Å². The molecule has 0 aliphatic heterocycles. The fourth-order valence-corrected chi connectivity index (χ4v) is 3.18. The van der Waals surface area contributed by atoms with Gasteiger partial charge in [0.05, 0.1) is 28.7 Å². The molecule has 0 bridgehead atoms. The summed E-state index contributed by atoms with van der Waals surface area (Å²) in [4.78, 5) is 33.0. The number of nitrogens with one attached hydrogen (secondary N) is 1. The number of hydrazone groups is 1. The number of carbonyl (C=O) groups excluding carboxylic acids is 1. The van der Waals surface area contributed by atoms with Gasteiger partial charge in [0, 0.05) is 16.1 Å². The van der Waals surface area contributed by atoms with E-state index in [9.17, 15) is 25.0 Å². The number of hydrogen-bond donors (Lipinski definition) is 1. The molecule has 12 heteroatoms. The fourth-order valence-electron chi connectivity index (χ4n) is 2.78. The lowest BCUT2D eigenvalue weighted by molar-refractivity contribution is -0.394. The van der Waals surface area contributed by atoms with Gasteiger partial charge in [0.25, 0.3) is 11.6 Å². The van der Waals surface area contributed by atoms with Crippen molar-refractivity contribution in [3.05, 3.63) is 96.5 Å². The molecule has 0 atom stereocenters. The summed E-state index contributed by atoms with van der Waals surface area (Å²) in [6.07, 6.45) is 1.40. The molecule has 3 rings (SSSR count). The minimum Gasteiger partial charge on any atom is -0.490 e. The maximum absolute atomic E-state index is 12.2. The first-order chi connectivity index (χ1) is 16.3. The highest BCUT2D eigenvalue weighted by molar-refractivity contribution is 9.10. The largest absolute Gasteiger partial charge is 0.490 e. The minimum absolute atomic E-state index is 0.161. The van der Waals surface area contributed by atoms with E-state index in [4.69, 9.17) is 9.47 Å². The van der Waals surface area contributed by atoms with Gasteiger partial charge in [-0.15, -0.1) is 0 Å². The molecule has 0 heterocycles. The van der Waals surface area contributed by atoms with Crippen molar-refractivity contribution in [2.24, 2.45) is 5.10 Å². The van der Waals surface area contributed by atoms with Crippen LogP contribution in [0.5, 0.6) is 17.2 Å². The Balaban J connectivity index is 1.80. The molecule has 1 amide bonds. The number of non-ortho nitro benzene ring substituents is 1. The number of halogens is 1. The van der Waals surface area contributed by atoms with Gasteiger partial charge in [-0.1, -0.05) is 22.0 Å². The summed E-state index contributed by atoms with van der Waals surface area (Å²) < 4.78 is 12.0. The first-order valence-electron chi connectivity index (χ1n) is 9.75. The van der Waals surface area contributed by atoms with E-state index >= 15 is 0 Å². The molecule has 0 unspecified atom stereocenters. The van der Waals surface area contributed by atoms with Crippen LogP contribution in [0.1, 0.15) is 22.8 Å². The molecule has 3 aromatic carbocycles. The number of amides is 1. The van der Waals surface area contributed by atoms with E-state index in [1.54, 1.807) is 43.3 Å². The molecule has 0 aromatic heterocycles. The Bertz CT molecular complexity index is 1280. The molecule has 0 saturated carbocycles. The second-order valence-electron chi connectivity index (χ2n) is 6.62. The van der Waals surface area contributed by atoms with Gasteiger partial charge < -0.3 is 9.47 Å². The smallest absolute Gasteiger partial charge is 0.318 e. The van der Waals surface area contributed by atoms with Crippen LogP contribution in [0.3, 0.4) is 0 Å². The number of nitro benzene ring substituents is 2. The molecule has 1 N–H and O–H groups in total. The van der Waals surface area contributed by atoms with E-state index in [0.29, 0.717) is 11.1 Å². The summed E-state index contributed by atoms with van der Waals surface area (Å²) in [6, 6.07) is 14.6. The molecule has 0 saturated heterocycles. The summed E-state index contributed by atoms with van der Waals surface area (Å²) in [5, 5.41) is 26.2. The van der Waals surface area contributed by atoms with Crippen molar-refractivity contribution < 1.29 is 24.1 Å². The molecular weight excluding hydrogens is 512 g/mol. The highest BCUT2D eigenvalue weighted by Crippen LogP contribution is 2.38. The normalized spacial score (nSPS) is 10.6. The molecule has 174 valence electrons. The van der Waals surface area contributed by atoms with Crippen LogP contribution >= 0.6 is 15.9 Å². The van der Waals surface area contributed by atoms with Crippen molar-refractivity contribution in [3.8, 4) is 17.2 Å². The third-order valence-corrected chi connectivity index (χ3v) is 4.80. The highest BCUT2D eigenvalue weighted by atomic mass is 79.9. The second-order valence-corrected chi connectivity index (χ2v) is 7.53. The predicted octanol–water partition coefficient (Wildman–Crippen LogP) is 5.22. The average molecular weight is 529 g/mol. The third-order valence-electron chi connectivity index (χ3n) is 4.30. The van der Waals surface area contributed by atoms with Crippen molar-refractivity contribution in [2.75, 3.05) is 6.61 Å². The van der Waals surface area contributed by atoms with Crippen LogP contribution in [0, 0.1) is 20.2 Å². The Morgan fingerprint density at radius 2 is 1.79 bits per heavy atom. The van der Waals surface area contributed by atoms with Crippen LogP contribution in [-0.4, -0.2) is 28.6 Å². The molecule has 0 spiro atoms. The zero-order chi connectivity index (χ0) is 24.7. The Hall–Kier alpha value is -4.32. The molecule has 0 radical (unpaired) electrons. The fraction of sp³-hybridized carbons (Fsp3) is 0.0909. The quantitative estimate of drug-likeness (QED) is 0.227. The zero-order valence-corrected chi connectivity index (χ0v) is 19.2. The maximum atomic E-state index is 12.2. The average Bonchev–Trinajstić information content (AvgIpc) is 2.80. The number of benzene rings is 3. The molecule has 0 aliphatic rings. The highest BCUT2D eigenvalue weighted by Gasteiger charge is 2.22. The Kier molecular flexibility index (Phi) is 7.88. The van der Waals surface area contributed by atoms with Crippen LogP contribution in [0.2, 0.25) is 0 Å². The lowest BCUT2D eigenvalue weighted by atomic mass is 10.2. The van der Waals surface area contributed by atoms with Crippen LogP contribution in [-0.2, 0) is 0 Å². The van der Waals surface area contributed by atoms with Crippen molar-refractivity contribution in [1.82, 2.24) is 5.43 Å². The molecule has 0 fully saturated rings. The van der Waals surface area contributed by atoms with E-state index in [1.165, 1.54) is 12.3 Å². The van der Waals surface area contributed by atoms with Gasteiger partial charge in [0.2, 0.25) is 5.75 Å². The molecule has 11 nitrogen and oxygen atoms in total. The van der Waals surface area contributed by atoms with Crippen LogP contribution < -0.4 is 14.9 Å². The van der Waals surface area contributed by atoms with Gasteiger partial charge >= 0.3 is 5.69 Å². The summed E-state index contributed by atoms with van der Waals surface area (Å²) in [6.45, 7) is 2.02. The summed E-state index contributed by atoms with van der Waals surface area (Å²) >= 11 is 3.30. The van der Waals surface area contributed by atoms with Crippen LogP contribution in [0.25, 0.3) is 0 Å². The first-order valence-corrected chi connectivity index (χ1v) is 10.5. The van der Waals surface area contributed by atoms with Gasteiger partial charge in [-0.3, -0.25) is 25.0 Å². The lowest BCUT2D eigenvalue weighted by Gasteiger charge is -2.12. The number of ether oxygens (including phenoxy) is 2. The number of hydrogen-bond acceptors (Lipinski definition) is 8. The van der Waals surface area contributed by atoms with E-state index in [0.717, 1.165) is 22.7 Å². The SMILES string of the molecule is CCOc1cc(/C=N\NC(=O)c2cccc(Br)c2)ccc1Oc1ccc([N+](=O)[O-])cc1[N+](=O)[O-]. The Morgan fingerprint density at radius 1 is 1.03 bits per heavy atom. The molecule has 34 heavy (non-hydrogen) atoms. The van der Waals surface area contributed by atoms with Gasteiger partial charge in [-0.2, -0.15) is 5.10 Å². The molecule has 3 aromatic rings. The maximum Gasteiger partial charge on any atom is 0.318 e. The van der Waals surface area contributed by atoms with Crippen molar-refractivity contribution in [2.45, 2.75) is 6.92 Å². The second kappa shape index (κ2) is 11.0. The number of carbonyl (C=O) groups is 1. The van der Waals surface area contributed by atoms with Crippen molar-refractivity contribution in [1.29, 1.82) is 0 Å². The summed E-state index contributed by atoms with van der Waals surface area (Å²) in [5.41, 5.74) is 2.42. The molecule has 0 aliphatic carbocycles. The van der Waals surface area contributed by atoms with Gasteiger partial charge in [0.1, 0.15) is 0 Å². The summed E-state index contributed by atoms with van der Waals surface area (Å²) in [5.74, 6) is -0.154. The van der Waals surface area contributed by atoms with Gasteiger partial charge in [-0.05, 0) is 55.0 Å².